The molecule has 1 N–H and O–H groups in total. The van der Waals surface area contributed by atoms with E-state index >= 15 is 0 Å². The molecule has 0 amide bonds. The summed E-state index contributed by atoms with van der Waals surface area (Å²) in [5, 5.41) is 3.26. The van der Waals surface area contributed by atoms with Crippen LogP contribution in [0.15, 0.2) is 46.9 Å². The number of halogens is 2. The Labute approximate surface area is 127 Å². The molecule has 0 radical (unpaired) electrons. The van der Waals surface area contributed by atoms with E-state index in [-0.39, 0.29) is 11.9 Å². The van der Waals surface area contributed by atoms with Crippen molar-refractivity contribution in [1.82, 2.24) is 5.32 Å². The van der Waals surface area contributed by atoms with E-state index in [4.69, 9.17) is 0 Å². The van der Waals surface area contributed by atoms with Gasteiger partial charge in [0.2, 0.25) is 0 Å². The smallest absolute Gasteiger partial charge is 0.123 e. The summed E-state index contributed by atoms with van der Waals surface area (Å²) >= 11 is 3.51. The zero-order valence-corrected chi connectivity index (χ0v) is 13.4. The van der Waals surface area contributed by atoms with Crippen molar-refractivity contribution in [3.05, 3.63) is 58.3 Å². The third-order valence-corrected chi connectivity index (χ3v) is 3.96. The van der Waals surface area contributed by atoms with Crippen molar-refractivity contribution >= 4 is 27.3 Å². The minimum absolute atomic E-state index is 0.221. The maximum Gasteiger partial charge on any atom is 0.123 e. The number of nitrogens with one attached hydrogen (secondary N) is 1. The van der Waals surface area contributed by atoms with Crippen molar-refractivity contribution in [3.63, 3.8) is 0 Å². The summed E-state index contributed by atoms with van der Waals surface area (Å²) in [5.74, 6) is -0.221. The molecule has 0 saturated carbocycles. The summed E-state index contributed by atoms with van der Waals surface area (Å²) in [4.78, 5) is 2.06. The molecule has 0 fully saturated rings. The van der Waals surface area contributed by atoms with E-state index in [0.29, 0.717) is 0 Å². The van der Waals surface area contributed by atoms with Crippen LogP contribution in [0, 0.1) is 5.82 Å². The Balaban J connectivity index is 2.43. The van der Waals surface area contributed by atoms with Crippen LogP contribution in [0.1, 0.15) is 18.5 Å². The lowest BCUT2D eigenvalue weighted by molar-refractivity contribution is 0.628. The fourth-order valence-corrected chi connectivity index (χ4v) is 2.52. The summed E-state index contributed by atoms with van der Waals surface area (Å²) in [6.07, 6.45) is 0. The SMILES string of the molecule is CNC(C)c1cc(Br)ccc1N(C)c1ccc(F)cc1. The first-order valence-corrected chi connectivity index (χ1v) is 7.28. The molecular formula is C16H18BrFN2. The number of hydrogen-bond acceptors (Lipinski definition) is 2. The molecule has 0 heterocycles. The zero-order valence-electron chi connectivity index (χ0n) is 11.8. The molecule has 20 heavy (non-hydrogen) atoms. The van der Waals surface area contributed by atoms with Gasteiger partial charge in [-0.2, -0.15) is 0 Å². The molecule has 106 valence electrons. The van der Waals surface area contributed by atoms with Gasteiger partial charge in [-0.25, -0.2) is 4.39 Å². The fourth-order valence-electron chi connectivity index (χ4n) is 2.14. The first kappa shape index (κ1) is 15.0. The van der Waals surface area contributed by atoms with Gasteiger partial charge in [0.05, 0.1) is 0 Å². The Kier molecular flexibility index (Phi) is 4.78. The van der Waals surface area contributed by atoms with Crippen molar-refractivity contribution < 1.29 is 4.39 Å². The summed E-state index contributed by atoms with van der Waals surface area (Å²) in [6, 6.07) is 12.9. The monoisotopic (exact) mass is 336 g/mol. The number of benzene rings is 2. The van der Waals surface area contributed by atoms with Crippen molar-refractivity contribution in [2.75, 3.05) is 19.0 Å². The first-order valence-electron chi connectivity index (χ1n) is 6.49. The second kappa shape index (κ2) is 6.37. The lowest BCUT2D eigenvalue weighted by Crippen LogP contribution is -2.18. The van der Waals surface area contributed by atoms with Gasteiger partial charge in [-0.1, -0.05) is 15.9 Å². The number of rotatable bonds is 4. The number of nitrogens with zero attached hydrogens (tertiary/aromatic N) is 1. The molecule has 2 aromatic carbocycles. The van der Waals surface area contributed by atoms with Crippen LogP contribution in [0.5, 0.6) is 0 Å². The van der Waals surface area contributed by atoms with Gasteiger partial charge in [0, 0.05) is 28.9 Å². The standard InChI is InChI=1S/C16H18BrFN2/c1-11(19-2)15-10-12(17)4-9-16(15)20(3)14-7-5-13(18)6-8-14/h4-11,19H,1-3H3. The lowest BCUT2D eigenvalue weighted by atomic mass is 10.0. The average Bonchev–Trinajstić information content (AvgIpc) is 2.46. The van der Waals surface area contributed by atoms with Crippen LogP contribution in [0.25, 0.3) is 0 Å². The largest absolute Gasteiger partial charge is 0.344 e. The topological polar surface area (TPSA) is 15.3 Å². The van der Waals surface area contributed by atoms with Gasteiger partial charge in [-0.3, -0.25) is 0 Å². The molecule has 2 nitrogen and oxygen atoms in total. The predicted molar refractivity (Wildman–Crippen MR) is 86.1 cm³/mol. The van der Waals surface area contributed by atoms with Gasteiger partial charge in [0.1, 0.15) is 5.82 Å². The maximum atomic E-state index is 13.0. The maximum absolute atomic E-state index is 13.0. The molecule has 0 bridgehead atoms. The summed E-state index contributed by atoms with van der Waals surface area (Å²) < 4.78 is 14.1. The van der Waals surface area contributed by atoms with Crippen molar-refractivity contribution in [2.24, 2.45) is 0 Å². The Morgan fingerprint density at radius 1 is 1.15 bits per heavy atom. The van der Waals surface area contributed by atoms with Crippen molar-refractivity contribution in [3.8, 4) is 0 Å². The van der Waals surface area contributed by atoms with Gasteiger partial charge in [-0.15, -0.1) is 0 Å². The second-order valence-corrected chi connectivity index (χ2v) is 5.66. The summed E-state index contributed by atoms with van der Waals surface area (Å²) in [6.45, 7) is 2.11. The van der Waals surface area contributed by atoms with Crippen LogP contribution >= 0.6 is 15.9 Å². The van der Waals surface area contributed by atoms with E-state index in [9.17, 15) is 4.39 Å². The molecule has 4 heteroatoms. The van der Waals surface area contributed by atoms with Crippen molar-refractivity contribution in [2.45, 2.75) is 13.0 Å². The van der Waals surface area contributed by atoms with Gasteiger partial charge in [-0.05, 0) is 62.0 Å². The molecule has 0 spiro atoms. The van der Waals surface area contributed by atoms with Gasteiger partial charge in [0.15, 0.2) is 0 Å². The molecule has 0 saturated heterocycles. The van der Waals surface area contributed by atoms with Crippen LogP contribution < -0.4 is 10.2 Å². The van der Waals surface area contributed by atoms with E-state index < -0.39 is 0 Å². The van der Waals surface area contributed by atoms with E-state index in [2.05, 4.69) is 45.2 Å². The Bertz CT molecular complexity index is 584. The minimum Gasteiger partial charge on any atom is -0.344 e. The van der Waals surface area contributed by atoms with E-state index in [1.807, 2.05) is 20.2 Å². The molecule has 1 atom stereocenters. The third kappa shape index (κ3) is 3.19. The zero-order chi connectivity index (χ0) is 14.7. The third-order valence-electron chi connectivity index (χ3n) is 3.46. The van der Waals surface area contributed by atoms with E-state index in [1.165, 1.54) is 17.7 Å². The Morgan fingerprint density at radius 3 is 2.40 bits per heavy atom. The van der Waals surface area contributed by atoms with Gasteiger partial charge in [0.25, 0.3) is 0 Å². The van der Waals surface area contributed by atoms with Crippen LogP contribution in [0.2, 0.25) is 0 Å². The van der Waals surface area contributed by atoms with Gasteiger partial charge < -0.3 is 10.2 Å². The molecule has 2 rings (SSSR count). The van der Waals surface area contributed by atoms with E-state index in [0.717, 1.165) is 15.8 Å². The lowest BCUT2D eigenvalue weighted by Gasteiger charge is -2.25. The highest BCUT2D eigenvalue weighted by Crippen LogP contribution is 2.32. The molecule has 0 aliphatic rings. The highest BCUT2D eigenvalue weighted by atomic mass is 79.9. The Hall–Kier alpha value is -1.39. The number of anilines is 2. The van der Waals surface area contributed by atoms with Gasteiger partial charge >= 0.3 is 0 Å². The molecular weight excluding hydrogens is 319 g/mol. The molecule has 0 aromatic heterocycles. The highest BCUT2D eigenvalue weighted by molar-refractivity contribution is 9.10. The fraction of sp³-hybridized carbons (Fsp3) is 0.250. The normalized spacial score (nSPS) is 12.2. The quantitative estimate of drug-likeness (QED) is 0.875. The van der Waals surface area contributed by atoms with E-state index in [1.54, 1.807) is 12.1 Å². The molecule has 0 aliphatic heterocycles. The molecule has 0 aliphatic carbocycles. The first-order chi connectivity index (χ1) is 9.52. The molecule has 1 unspecified atom stereocenters. The Morgan fingerprint density at radius 2 is 1.80 bits per heavy atom. The van der Waals surface area contributed by atoms with Crippen molar-refractivity contribution in [1.29, 1.82) is 0 Å². The second-order valence-electron chi connectivity index (χ2n) is 4.75. The van der Waals surface area contributed by atoms with Crippen LogP contribution in [0.3, 0.4) is 0 Å². The number of hydrogen-bond donors (Lipinski definition) is 1. The van der Waals surface area contributed by atoms with Crippen LogP contribution in [0.4, 0.5) is 15.8 Å². The highest BCUT2D eigenvalue weighted by Gasteiger charge is 2.14. The summed E-state index contributed by atoms with van der Waals surface area (Å²) in [7, 11) is 3.93. The molecule has 2 aromatic rings. The van der Waals surface area contributed by atoms with Crippen LogP contribution in [-0.2, 0) is 0 Å². The summed E-state index contributed by atoms with van der Waals surface area (Å²) in [5.41, 5.74) is 3.24. The minimum atomic E-state index is -0.221. The predicted octanol–water partition coefficient (Wildman–Crippen LogP) is 4.64. The average molecular weight is 337 g/mol. The van der Waals surface area contributed by atoms with Crippen LogP contribution in [-0.4, -0.2) is 14.1 Å².